The van der Waals surface area contributed by atoms with Crippen LogP contribution in [0, 0.1) is 0 Å². The minimum atomic E-state index is -3.55. The van der Waals surface area contributed by atoms with Crippen molar-refractivity contribution in [3.63, 3.8) is 0 Å². The molecular formula is C17H22N2O2S2. The Morgan fingerprint density at radius 2 is 1.91 bits per heavy atom. The SMILES string of the molecule is CCCCc1ccc(S(=O)(=O)Nc2nc3c(s2)CCCC3)cc1. The summed E-state index contributed by atoms with van der Waals surface area (Å²) in [5, 5.41) is 0.493. The highest BCUT2D eigenvalue weighted by atomic mass is 32.2. The molecule has 1 aliphatic carbocycles. The lowest BCUT2D eigenvalue weighted by atomic mass is 10.0. The number of unbranched alkanes of at least 4 members (excludes halogenated alkanes) is 1. The van der Waals surface area contributed by atoms with Crippen LogP contribution in [0.4, 0.5) is 5.13 Å². The Kier molecular flexibility index (Phi) is 5.02. The van der Waals surface area contributed by atoms with Crippen LogP contribution in [0.2, 0.25) is 0 Å². The molecule has 1 aliphatic rings. The number of fused-ring (bicyclic) bond motifs is 1. The topological polar surface area (TPSA) is 59.1 Å². The summed E-state index contributed by atoms with van der Waals surface area (Å²) in [6.07, 6.45) is 7.53. The van der Waals surface area contributed by atoms with Gasteiger partial charge in [-0.2, -0.15) is 0 Å². The summed E-state index contributed by atoms with van der Waals surface area (Å²) in [6.45, 7) is 2.15. The molecule has 0 radical (unpaired) electrons. The van der Waals surface area contributed by atoms with Gasteiger partial charge >= 0.3 is 0 Å². The maximum absolute atomic E-state index is 12.5. The van der Waals surface area contributed by atoms with Gasteiger partial charge in [0.05, 0.1) is 10.6 Å². The number of nitrogens with one attached hydrogen (secondary N) is 1. The third-order valence-electron chi connectivity index (χ3n) is 4.12. The molecule has 0 spiro atoms. The molecule has 0 atom stereocenters. The van der Waals surface area contributed by atoms with Crippen LogP contribution in [0.3, 0.4) is 0 Å². The van der Waals surface area contributed by atoms with Gasteiger partial charge in [-0.1, -0.05) is 25.5 Å². The van der Waals surface area contributed by atoms with Crippen molar-refractivity contribution in [3.05, 3.63) is 40.4 Å². The molecular weight excluding hydrogens is 328 g/mol. The van der Waals surface area contributed by atoms with E-state index in [4.69, 9.17) is 0 Å². The van der Waals surface area contributed by atoms with Crippen LogP contribution in [-0.4, -0.2) is 13.4 Å². The standard InChI is InChI=1S/C17H22N2O2S2/c1-2-3-6-13-9-11-14(12-10-13)23(20,21)19-17-18-15-7-4-5-8-16(15)22-17/h9-12H,2-8H2,1H3,(H,18,19). The second-order valence-corrected chi connectivity index (χ2v) is 8.72. The molecule has 0 fully saturated rings. The van der Waals surface area contributed by atoms with Gasteiger partial charge in [0.25, 0.3) is 10.0 Å². The molecule has 6 heteroatoms. The van der Waals surface area contributed by atoms with Crippen molar-refractivity contribution in [3.8, 4) is 0 Å². The zero-order valence-corrected chi connectivity index (χ0v) is 15.0. The molecule has 1 aromatic heterocycles. The minimum Gasteiger partial charge on any atom is -0.255 e. The summed E-state index contributed by atoms with van der Waals surface area (Å²) < 4.78 is 27.6. The Hall–Kier alpha value is -1.40. The summed E-state index contributed by atoms with van der Waals surface area (Å²) in [7, 11) is -3.55. The van der Waals surface area contributed by atoms with E-state index in [9.17, 15) is 8.42 Å². The number of aromatic nitrogens is 1. The number of anilines is 1. The molecule has 0 amide bonds. The number of thiazole rings is 1. The van der Waals surface area contributed by atoms with Gasteiger partial charge in [-0.05, 0) is 56.2 Å². The lowest BCUT2D eigenvalue weighted by molar-refractivity contribution is 0.601. The maximum Gasteiger partial charge on any atom is 0.263 e. The number of rotatable bonds is 6. The van der Waals surface area contributed by atoms with Crippen molar-refractivity contribution in [1.82, 2.24) is 4.98 Å². The van der Waals surface area contributed by atoms with Gasteiger partial charge in [0, 0.05) is 4.88 Å². The van der Waals surface area contributed by atoms with E-state index in [-0.39, 0.29) is 0 Å². The van der Waals surface area contributed by atoms with Crippen LogP contribution in [0.25, 0.3) is 0 Å². The van der Waals surface area contributed by atoms with E-state index in [2.05, 4.69) is 16.6 Å². The van der Waals surface area contributed by atoms with Gasteiger partial charge < -0.3 is 0 Å². The summed E-state index contributed by atoms with van der Waals surface area (Å²) in [5.41, 5.74) is 2.24. The van der Waals surface area contributed by atoms with E-state index < -0.39 is 10.0 Å². The van der Waals surface area contributed by atoms with Crippen LogP contribution < -0.4 is 4.72 Å². The lowest BCUT2D eigenvalue weighted by Crippen LogP contribution is -2.12. The highest BCUT2D eigenvalue weighted by Crippen LogP contribution is 2.30. The van der Waals surface area contributed by atoms with Gasteiger partial charge in [-0.25, -0.2) is 13.4 Å². The van der Waals surface area contributed by atoms with Crippen molar-refractivity contribution in [1.29, 1.82) is 0 Å². The first-order valence-corrected chi connectivity index (χ1v) is 10.5. The zero-order chi connectivity index (χ0) is 16.3. The number of aryl methyl sites for hydroxylation is 3. The number of sulfonamides is 1. The second-order valence-electron chi connectivity index (χ2n) is 5.95. The summed E-state index contributed by atoms with van der Waals surface area (Å²) in [4.78, 5) is 5.97. The maximum atomic E-state index is 12.5. The van der Waals surface area contributed by atoms with Crippen molar-refractivity contribution < 1.29 is 8.42 Å². The normalized spacial score (nSPS) is 14.5. The van der Waals surface area contributed by atoms with Crippen molar-refractivity contribution in [2.45, 2.75) is 56.8 Å². The Morgan fingerprint density at radius 3 is 2.61 bits per heavy atom. The molecule has 0 bridgehead atoms. The largest absolute Gasteiger partial charge is 0.263 e. The van der Waals surface area contributed by atoms with Gasteiger partial charge in [-0.3, -0.25) is 4.72 Å². The molecule has 2 aromatic rings. The van der Waals surface area contributed by atoms with Crippen LogP contribution in [0.5, 0.6) is 0 Å². The molecule has 0 unspecified atom stereocenters. The summed E-state index contributed by atoms with van der Waals surface area (Å²) in [6, 6.07) is 7.16. The van der Waals surface area contributed by atoms with Crippen LogP contribution in [0.1, 0.15) is 48.7 Å². The van der Waals surface area contributed by atoms with Gasteiger partial charge in [-0.15, -0.1) is 11.3 Å². The van der Waals surface area contributed by atoms with Gasteiger partial charge in [0.15, 0.2) is 5.13 Å². The van der Waals surface area contributed by atoms with E-state index in [0.29, 0.717) is 10.0 Å². The van der Waals surface area contributed by atoms with Gasteiger partial charge in [0.1, 0.15) is 0 Å². The molecule has 1 N–H and O–H groups in total. The van der Waals surface area contributed by atoms with Crippen molar-refractivity contribution >= 4 is 26.5 Å². The van der Waals surface area contributed by atoms with Crippen LogP contribution in [0.15, 0.2) is 29.2 Å². The number of hydrogen-bond donors (Lipinski definition) is 1. The second kappa shape index (κ2) is 7.01. The fourth-order valence-electron chi connectivity index (χ4n) is 2.79. The average molecular weight is 351 g/mol. The minimum absolute atomic E-state index is 0.297. The third-order valence-corrected chi connectivity index (χ3v) is 6.68. The van der Waals surface area contributed by atoms with Crippen molar-refractivity contribution in [2.75, 3.05) is 4.72 Å². The monoisotopic (exact) mass is 350 g/mol. The fourth-order valence-corrected chi connectivity index (χ4v) is 5.07. The smallest absolute Gasteiger partial charge is 0.255 e. The van der Waals surface area contributed by atoms with E-state index in [1.807, 2.05) is 12.1 Å². The zero-order valence-electron chi connectivity index (χ0n) is 13.3. The number of hydrogen-bond acceptors (Lipinski definition) is 4. The molecule has 3 rings (SSSR count). The van der Waals surface area contributed by atoms with E-state index in [1.165, 1.54) is 28.2 Å². The first kappa shape index (κ1) is 16.5. The molecule has 0 saturated carbocycles. The highest BCUT2D eigenvalue weighted by molar-refractivity contribution is 7.93. The molecule has 0 aliphatic heterocycles. The first-order valence-electron chi connectivity index (χ1n) is 8.19. The summed E-state index contributed by atoms with van der Waals surface area (Å²) in [5.74, 6) is 0. The van der Waals surface area contributed by atoms with E-state index >= 15 is 0 Å². The molecule has 0 saturated heterocycles. The first-order chi connectivity index (χ1) is 11.1. The molecule has 4 nitrogen and oxygen atoms in total. The quantitative estimate of drug-likeness (QED) is 0.851. The molecule has 1 heterocycles. The summed E-state index contributed by atoms with van der Waals surface area (Å²) >= 11 is 1.47. The average Bonchev–Trinajstić information content (AvgIpc) is 2.94. The number of nitrogens with zero attached hydrogens (tertiary/aromatic N) is 1. The fraction of sp³-hybridized carbons (Fsp3) is 0.471. The van der Waals surface area contributed by atoms with E-state index in [0.717, 1.165) is 44.2 Å². The third kappa shape index (κ3) is 3.93. The van der Waals surface area contributed by atoms with Gasteiger partial charge in [0.2, 0.25) is 0 Å². The predicted molar refractivity (Wildman–Crippen MR) is 94.6 cm³/mol. The lowest BCUT2D eigenvalue weighted by Gasteiger charge is -2.06. The van der Waals surface area contributed by atoms with Crippen molar-refractivity contribution in [2.24, 2.45) is 0 Å². The number of benzene rings is 1. The Morgan fingerprint density at radius 1 is 1.17 bits per heavy atom. The molecule has 23 heavy (non-hydrogen) atoms. The highest BCUT2D eigenvalue weighted by Gasteiger charge is 2.20. The van der Waals surface area contributed by atoms with Crippen LogP contribution in [-0.2, 0) is 29.3 Å². The predicted octanol–water partition coefficient (Wildman–Crippen LogP) is 4.17. The Balaban J connectivity index is 1.74. The Labute approximate surface area is 142 Å². The van der Waals surface area contributed by atoms with Crippen LogP contribution >= 0.6 is 11.3 Å². The molecule has 1 aromatic carbocycles. The molecule has 124 valence electrons. The van der Waals surface area contributed by atoms with E-state index in [1.54, 1.807) is 12.1 Å². The Bertz CT molecular complexity index is 741.